The maximum atomic E-state index is 13.6. The first-order valence-electron chi connectivity index (χ1n) is 11.8. The Morgan fingerprint density at radius 1 is 0.923 bits per heavy atom. The number of amides is 1. The monoisotopic (exact) mass is 555 g/mol. The highest BCUT2D eigenvalue weighted by molar-refractivity contribution is 5.99. The van der Waals surface area contributed by atoms with Gasteiger partial charge >= 0.3 is 12.4 Å². The minimum absolute atomic E-state index is 0.0306. The van der Waals surface area contributed by atoms with Crippen molar-refractivity contribution in [2.45, 2.75) is 18.9 Å². The number of carbonyl (C=O) groups is 1. The van der Waals surface area contributed by atoms with Crippen LogP contribution in [-0.2, 0) is 18.9 Å². The third-order valence-electron chi connectivity index (χ3n) is 6.32. The van der Waals surface area contributed by atoms with Gasteiger partial charge in [0, 0.05) is 51.5 Å². The van der Waals surface area contributed by atoms with Crippen LogP contribution >= 0.6 is 0 Å². The molecule has 0 radical (unpaired) electrons. The molecule has 0 atom stereocenters. The van der Waals surface area contributed by atoms with Crippen LogP contribution in [0.5, 0.6) is 0 Å². The molecule has 1 fully saturated rings. The van der Waals surface area contributed by atoms with Gasteiger partial charge in [0.2, 0.25) is 5.95 Å². The summed E-state index contributed by atoms with van der Waals surface area (Å²) in [6.45, 7) is 2.23. The first-order chi connectivity index (χ1) is 18.2. The molecule has 1 aliphatic heterocycles. The molecule has 0 spiro atoms. The second kappa shape index (κ2) is 10.8. The Morgan fingerprint density at radius 2 is 1.49 bits per heavy atom. The van der Waals surface area contributed by atoms with E-state index in [4.69, 9.17) is 0 Å². The molecule has 0 unspecified atom stereocenters. The van der Waals surface area contributed by atoms with Crippen molar-refractivity contribution in [1.82, 2.24) is 19.8 Å². The lowest BCUT2D eigenvalue weighted by atomic mass is 10.0. The molecule has 2 aromatic carbocycles. The van der Waals surface area contributed by atoms with Crippen molar-refractivity contribution in [2.75, 3.05) is 45.2 Å². The summed E-state index contributed by atoms with van der Waals surface area (Å²) in [5.41, 5.74) is -2.78. The minimum Gasteiger partial charge on any atom is -0.338 e. The number of benzene rings is 2. The molecule has 0 N–H and O–H groups in total. The Morgan fingerprint density at radius 3 is 2.03 bits per heavy atom. The van der Waals surface area contributed by atoms with E-state index >= 15 is 0 Å². The summed E-state index contributed by atoms with van der Waals surface area (Å²) in [7, 11) is 3.22. The van der Waals surface area contributed by atoms with Crippen molar-refractivity contribution in [3.8, 4) is 11.3 Å². The lowest BCUT2D eigenvalue weighted by molar-refractivity contribution is -0.143. The fourth-order valence-corrected chi connectivity index (χ4v) is 4.18. The number of carbonyl (C=O) groups excluding carboxylic acids is 1. The van der Waals surface area contributed by atoms with Gasteiger partial charge in [-0.2, -0.15) is 26.3 Å². The Bertz CT molecular complexity index is 1300. The molecule has 2 heterocycles. The predicted octanol–water partition coefficient (Wildman–Crippen LogP) is 5.34. The molecule has 0 saturated carbocycles. The molecule has 6 nitrogen and oxygen atoms in total. The number of halogens is 7. The summed E-state index contributed by atoms with van der Waals surface area (Å²) >= 11 is 0. The maximum absolute atomic E-state index is 13.6. The smallest absolute Gasteiger partial charge is 0.338 e. The molecule has 1 saturated heterocycles. The van der Waals surface area contributed by atoms with Crippen LogP contribution in [0.25, 0.3) is 11.3 Å². The quantitative estimate of drug-likeness (QED) is 0.398. The Hall–Kier alpha value is -3.74. The largest absolute Gasteiger partial charge is 0.416 e. The van der Waals surface area contributed by atoms with E-state index in [-0.39, 0.29) is 22.9 Å². The molecular formula is C26H24F7N5O. The number of hydrogen-bond acceptors (Lipinski definition) is 5. The first kappa shape index (κ1) is 28.3. The van der Waals surface area contributed by atoms with Crippen LogP contribution in [-0.4, -0.2) is 65.9 Å². The molecule has 13 heteroatoms. The number of rotatable bonds is 5. The van der Waals surface area contributed by atoms with Crippen molar-refractivity contribution in [2.24, 2.45) is 0 Å². The van der Waals surface area contributed by atoms with Crippen LogP contribution in [0.3, 0.4) is 0 Å². The van der Waals surface area contributed by atoms with E-state index in [0.29, 0.717) is 36.7 Å². The van der Waals surface area contributed by atoms with Crippen LogP contribution in [0.2, 0.25) is 0 Å². The van der Waals surface area contributed by atoms with Gasteiger partial charge in [-0.25, -0.2) is 14.4 Å². The first-order valence-corrected chi connectivity index (χ1v) is 11.8. The van der Waals surface area contributed by atoms with Gasteiger partial charge in [-0.15, -0.1) is 0 Å². The highest BCUT2D eigenvalue weighted by atomic mass is 19.4. The van der Waals surface area contributed by atoms with Crippen molar-refractivity contribution >= 4 is 11.9 Å². The highest BCUT2D eigenvalue weighted by Gasteiger charge is 2.37. The van der Waals surface area contributed by atoms with E-state index in [1.165, 1.54) is 37.5 Å². The topological polar surface area (TPSA) is 52.6 Å². The van der Waals surface area contributed by atoms with Crippen molar-refractivity contribution < 1.29 is 35.5 Å². The molecule has 1 aliphatic rings. The third kappa shape index (κ3) is 6.64. The van der Waals surface area contributed by atoms with Crippen LogP contribution in [0.15, 0.2) is 48.7 Å². The number of anilines is 1. The van der Waals surface area contributed by atoms with E-state index in [9.17, 15) is 35.5 Å². The number of nitrogens with zero attached hydrogens (tertiary/aromatic N) is 5. The second-order valence-corrected chi connectivity index (χ2v) is 9.30. The predicted molar refractivity (Wildman–Crippen MR) is 129 cm³/mol. The van der Waals surface area contributed by atoms with Gasteiger partial charge in [-0.05, 0) is 55.1 Å². The number of likely N-dealkylation sites (N-methyl/N-ethyl adjacent to an activating group) is 1. The highest BCUT2D eigenvalue weighted by Crippen LogP contribution is 2.36. The van der Waals surface area contributed by atoms with Crippen molar-refractivity contribution in [1.29, 1.82) is 0 Å². The van der Waals surface area contributed by atoms with Crippen molar-refractivity contribution in [3.05, 3.63) is 76.7 Å². The summed E-state index contributed by atoms with van der Waals surface area (Å²) in [4.78, 5) is 27.3. The van der Waals surface area contributed by atoms with Gasteiger partial charge in [0.1, 0.15) is 5.82 Å². The summed E-state index contributed by atoms with van der Waals surface area (Å²) in [6, 6.07) is 6.40. The summed E-state index contributed by atoms with van der Waals surface area (Å²) < 4.78 is 93.3. The summed E-state index contributed by atoms with van der Waals surface area (Å²) in [5.74, 6) is -0.901. The normalized spacial score (nSPS) is 14.9. The van der Waals surface area contributed by atoms with Gasteiger partial charge in [0.25, 0.3) is 5.91 Å². The molecule has 0 bridgehead atoms. The van der Waals surface area contributed by atoms with Gasteiger partial charge in [0.15, 0.2) is 0 Å². The zero-order valence-electron chi connectivity index (χ0n) is 20.9. The van der Waals surface area contributed by atoms with Gasteiger partial charge < -0.3 is 14.7 Å². The number of hydrogen-bond donors (Lipinski definition) is 0. The molecule has 208 valence electrons. The molecule has 1 amide bonds. The van der Waals surface area contributed by atoms with Crippen molar-refractivity contribution in [3.63, 3.8) is 0 Å². The summed E-state index contributed by atoms with van der Waals surface area (Å²) in [6.07, 6.45) is -8.76. The minimum atomic E-state index is -5.01. The SMILES string of the molecule is CN1CCN(c2ncc(C(=O)N(C)Cc3cc(C(F)(F)F)cc(C(F)(F)F)c3)c(-c3ccc(F)cc3)n2)CC1. The van der Waals surface area contributed by atoms with Gasteiger partial charge in [-0.1, -0.05) is 0 Å². The van der Waals surface area contributed by atoms with Crippen LogP contribution < -0.4 is 4.90 Å². The number of aromatic nitrogens is 2. The van der Waals surface area contributed by atoms with Crippen LogP contribution in [0, 0.1) is 5.82 Å². The van der Waals surface area contributed by atoms with E-state index in [1.807, 2.05) is 11.9 Å². The Labute approximate surface area is 219 Å². The number of piperazine rings is 1. The lowest BCUT2D eigenvalue weighted by Crippen LogP contribution is -2.45. The zero-order chi connectivity index (χ0) is 28.5. The fraction of sp³-hybridized carbons (Fsp3) is 0.346. The molecule has 4 rings (SSSR count). The lowest BCUT2D eigenvalue weighted by Gasteiger charge is -2.32. The fourth-order valence-electron chi connectivity index (χ4n) is 4.18. The average Bonchev–Trinajstić information content (AvgIpc) is 2.87. The van der Waals surface area contributed by atoms with E-state index < -0.39 is 41.7 Å². The third-order valence-corrected chi connectivity index (χ3v) is 6.32. The summed E-state index contributed by atoms with van der Waals surface area (Å²) in [5, 5.41) is 0. The molecule has 3 aromatic rings. The van der Waals surface area contributed by atoms with Gasteiger partial charge in [-0.3, -0.25) is 4.79 Å². The molecular weight excluding hydrogens is 531 g/mol. The Balaban J connectivity index is 1.68. The average molecular weight is 555 g/mol. The van der Waals surface area contributed by atoms with Crippen LogP contribution in [0.1, 0.15) is 27.0 Å². The van der Waals surface area contributed by atoms with E-state index in [0.717, 1.165) is 18.0 Å². The molecule has 1 aromatic heterocycles. The van der Waals surface area contributed by atoms with E-state index in [2.05, 4.69) is 14.9 Å². The molecule has 0 aliphatic carbocycles. The van der Waals surface area contributed by atoms with Gasteiger partial charge in [0.05, 0.1) is 22.4 Å². The molecule has 39 heavy (non-hydrogen) atoms. The number of alkyl halides is 6. The maximum Gasteiger partial charge on any atom is 0.416 e. The van der Waals surface area contributed by atoms with E-state index in [1.54, 1.807) is 0 Å². The zero-order valence-corrected chi connectivity index (χ0v) is 20.9. The van der Waals surface area contributed by atoms with Crippen LogP contribution in [0.4, 0.5) is 36.7 Å². The second-order valence-electron chi connectivity index (χ2n) is 9.30. The Kier molecular flexibility index (Phi) is 7.82. The standard InChI is InChI=1S/C26H24F7N5O/c1-36-7-9-38(10-8-36)24-34-14-21(22(35-24)17-3-5-20(27)6-4-17)23(39)37(2)15-16-11-18(25(28,29)30)13-19(12-16)26(31,32)33/h3-6,11-14H,7-10,15H2,1-2H3.